The number of H-pyrrole nitrogens is 1. The minimum atomic E-state index is -0.248. The van der Waals surface area contributed by atoms with Crippen molar-refractivity contribution < 1.29 is 9.53 Å². The van der Waals surface area contributed by atoms with Gasteiger partial charge in [-0.25, -0.2) is 4.79 Å². The number of fused-ring (bicyclic) bond motifs is 2. The highest BCUT2D eigenvalue weighted by Crippen LogP contribution is 2.46. The third kappa shape index (κ3) is 3.53. The number of aromatic nitrogens is 2. The number of nitrogens with zero attached hydrogens (tertiary/aromatic N) is 1. The van der Waals surface area contributed by atoms with Crippen molar-refractivity contribution in [3.63, 3.8) is 0 Å². The number of carbonyl (C=O) groups is 1. The van der Waals surface area contributed by atoms with Crippen molar-refractivity contribution in [2.75, 3.05) is 5.32 Å². The second-order valence-electron chi connectivity index (χ2n) is 8.02. The predicted molar refractivity (Wildman–Crippen MR) is 114 cm³/mol. The topological polar surface area (TPSA) is 79.0 Å². The number of halogens is 1. The summed E-state index contributed by atoms with van der Waals surface area (Å²) in [7, 11) is 0. The third-order valence-corrected chi connectivity index (χ3v) is 6.29. The lowest BCUT2D eigenvalue weighted by atomic mass is 9.77. The Morgan fingerprint density at radius 2 is 2.07 bits per heavy atom. The molecule has 1 aliphatic heterocycles. The molecular formula is C22H23ClN4O2. The fourth-order valence-corrected chi connectivity index (χ4v) is 4.85. The largest absolute Gasteiger partial charge is 0.487 e. The lowest BCUT2D eigenvalue weighted by Gasteiger charge is -2.44. The summed E-state index contributed by atoms with van der Waals surface area (Å²) >= 11 is 6.24. The molecule has 29 heavy (non-hydrogen) atoms. The second kappa shape index (κ2) is 7.26. The van der Waals surface area contributed by atoms with Crippen molar-refractivity contribution >= 4 is 34.2 Å². The number of nitrogens with one attached hydrogen (secondary N) is 3. The maximum absolute atomic E-state index is 12.9. The highest BCUT2D eigenvalue weighted by molar-refractivity contribution is 6.30. The Bertz CT molecular complexity index is 1060. The maximum Gasteiger partial charge on any atom is 0.319 e. The van der Waals surface area contributed by atoms with Crippen molar-refractivity contribution in [2.24, 2.45) is 0 Å². The quantitative estimate of drug-likeness (QED) is 0.517. The van der Waals surface area contributed by atoms with Crippen LogP contribution in [0.15, 0.2) is 42.6 Å². The average Bonchev–Trinajstić information content (AvgIpc) is 3.19. The number of anilines is 1. The molecule has 1 unspecified atom stereocenters. The molecule has 3 aromatic rings. The van der Waals surface area contributed by atoms with E-state index in [9.17, 15) is 4.79 Å². The summed E-state index contributed by atoms with van der Waals surface area (Å²) in [6.07, 6.45) is 8.06. The number of amides is 2. The molecule has 1 fully saturated rings. The van der Waals surface area contributed by atoms with Gasteiger partial charge < -0.3 is 15.4 Å². The normalized spacial score (nSPS) is 20.1. The Kier molecular flexibility index (Phi) is 4.59. The van der Waals surface area contributed by atoms with Gasteiger partial charge in [0.05, 0.1) is 23.4 Å². The standard InChI is InChI=1S/C22H23ClN4O2/c23-14-7-8-20-15(11-14)19(12-22(29-20)9-2-1-3-10-22)26-21(28)25-17-5-4-6-18-16(17)13-24-27-18/h4-8,11,13,19H,1-3,9-10,12H2,(H,24,27)(H2,25,26,28). The van der Waals surface area contributed by atoms with Crippen molar-refractivity contribution in [1.82, 2.24) is 15.5 Å². The van der Waals surface area contributed by atoms with E-state index in [0.717, 1.165) is 60.0 Å². The molecule has 150 valence electrons. The van der Waals surface area contributed by atoms with E-state index < -0.39 is 0 Å². The van der Waals surface area contributed by atoms with Gasteiger partial charge in [0, 0.05) is 22.4 Å². The first-order valence-corrected chi connectivity index (χ1v) is 10.5. The highest BCUT2D eigenvalue weighted by Gasteiger charge is 2.42. The van der Waals surface area contributed by atoms with Gasteiger partial charge in [0.2, 0.25) is 0 Å². The van der Waals surface area contributed by atoms with Crippen LogP contribution in [0.1, 0.15) is 50.1 Å². The molecule has 2 aromatic carbocycles. The van der Waals surface area contributed by atoms with Crippen LogP contribution in [-0.2, 0) is 0 Å². The first kappa shape index (κ1) is 18.3. The van der Waals surface area contributed by atoms with Crippen LogP contribution in [0.25, 0.3) is 10.9 Å². The van der Waals surface area contributed by atoms with Crippen LogP contribution in [0, 0.1) is 0 Å². The lowest BCUT2D eigenvalue weighted by Crippen LogP contribution is -2.47. The third-order valence-electron chi connectivity index (χ3n) is 6.05. The molecule has 1 spiro atoms. The number of rotatable bonds is 2. The van der Waals surface area contributed by atoms with Gasteiger partial charge in [0.1, 0.15) is 11.4 Å². The van der Waals surface area contributed by atoms with Crippen LogP contribution < -0.4 is 15.4 Å². The van der Waals surface area contributed by atoms with Gasteiger partial charge in [-0.05, 0) is 56.0 Å². The molecular weight excluding hydrogens is 388 g/mol. The minimum Gasteiger partial charge on any atom is -0.487 e. The molecule has 0 bridgehead atoms. The Morgan fingerprint density at radius 1 is 1.21 bits per heavy atom. The van der Waals surface area contributed by atoms with Crippen LogP contribution in [0.4, 0.5) is 10.5 Å². The number of carbonyl (C=O) groups excluding carboxylic acids is 1. The summed E-state index contributed by atoms with van der Waals surface area (Å²) in [5, 5.41) is 14.6. The molecule has 6 nitrogen and oxygen atoms in total. The van der Waals surface area contributed by atoms with Gasteiger partial charge in [-0.15, -0.1) is 0 Å². The highest BCUT2D eigenvalue weighted by atomic mass is 35.5. The van der Waals surface area contributed by atoms with Gasteiger partial charge in [0.15, 0.2) is 0 Å². The first-order valence-electron chi connectivity index (χ1n) is 10.1. The second-order valence-corrected chi connectivity index (χ2v) is 8.46. The number of hydrogen-bond acceptors (Lipinski definition) is 3. The number of ether oxygens (including phenoxy) is 1. The summed E-state index contributed by atoms with van der Waals surface area (Å²) in [6.45, 7) is 0. The molecule has 7 heteroatoms. The number of aromatic amines is 1. The van der Waals surface area contributed by atoms with Crippen molar-refractivity contribution in [3.8, 4) is 5.75 Å². The molecule has 5 rings (SSSR count). The maximum atomic E-state index is 12.9. The smallest absolute Gasteiger partial charge is 0.319 e. The summed E-state index contributed by atoms with van der Waals surface area (Å²) in [5.41, 5.74) is 2.33. The van der Waals surface area contributed by atoms with Crippen LogP contribution >= 0.6 is 11.6 Å². The molecule has 1 saturated carbocycles. The van der Waals surface area contributed by atoms with Gasteiger partial charge in [-0.2, -0.15) is 5.10 Å². The van der Waals surface area contributed by atoms with E-state index in [-0.39, 0.29) is 17.7 Å². The van der Waals surface area contributed by atoms with Crippen LogP contribution in [-0.4, -0.2) is 21.8 Å². The zero-order valence-corrected chi connectivity index (χ0v) is 16.8. The molecule has 1 atom stereocenters. The van der Waals surface area contributed by atoms with Crippen LogP contribution in [0.2, 0.25) is 5.02 Å². The zero-order valence-electron chi connectivity index (χ0n) is 16.0. The fourth-order valence-electron chi connectivity index (χ4n) is 4.67. The fraction of sp³-hybridized carbons (Fsp3) is 0.364. The summed E-state index contributed by atoms with van der Waals surface area (Å²) in [6, 6.07) is 10.9. The number of urea groups is 1. The van der Waals surface area contributed by atoms with E-state index >= 15 is 0 Å². The summed E-state index contributed by atoms with van der Waals surface area (Å²) < 4.78 is 6.45. The van der Waals surface area contributed by atoms with Gasteiger partial charge in [0.25, 0.3) is 0 Å². The molecule has 2 aliphatic rings. The summed E-state index contributed by atoms with van der Waals surface area (Å²) in [4.78, 5) is 12.9. The average molecular weight is 411 g/mol. The predicted octanol–water partition coefficient (Wildman–Crippen LogP) is 5.56. The Balaban J connectivity index is 1.41. The van der Waals surface area contributed by atoms with E-state index in [4.69, 9.17) is 16.3 Å². The molecule has 1 aromatic heterocycles. The van der Waals surface area contributed by atoms with E-state index in [1.807, 2.05) is 36.4 Å². The molecule has 0 saturated heterocycles. The number of benzene rings is 2. The monoisotopic (exact) mass is 410 g/mol. The molecule has 2 amide bonds. The Hall–Kier alpha value is -2.73. The van der Waals surface area contributed by atoms with Gasteiger partial charge in [-0.1, -0.05) is 24.1 Å². The van der Waals surface area contributed by atoms with Crippen molar-refractivity contribution in [2.45, 2.75) is 50.2 Å². The van der Waals surface area contributed by atoms with Crippen LogP contribution in [0.3, 0.4) is 0 Å². The molecule has 2 heterocycles. The molecule has 3 N–H and O–H groups in total. The SMILES string of the molecule is O=C(Nc1cccc2[nH]ncc12)NC1CC2(CCCCC2)Oc2ccc(Cl)cc21. The van der Waals surface area contributed by atoms with Crippen LogP contribution in [0.5, 0.6) is 5.75 Å². The summed E-state index contributed by atoms with van der Waals surface area (Å²) in [5.74, 6) is 0.824. The van der Waals surface area contributed by atoms with E-state index in [2.05, 4.69) is 20.8 Å². The Labute approximate surface area is 174 Å². The van der Waals surface area contributed by atoms with E-state index in [1.165, 1.54) is 6.42 Å². The zero-order chi connectivity index (χ0) is 19.8. The number of hydrogen-bond donors (Lipinski definition) is 3. The Morgan fingerprint density at radius 3 is 2.93 bits per heavy atom. The van der Waals surface area contributed by atoms with E-state index in [0.29, 0.717) is 5.02 Å². The minimum absolute atomic E-state index is 0.154. The molecule has 0 radical (unpaired) electrons. The van der Waals surface area contributed by atoms with Crippen molar-refractivity contribution in [3.05, 3.63) is 53.2 Å². The van der Waals surface area contributed by atoms with Gasteiger partial charge in [-0.3, -0.25) is 5.10 Å². The lowest BCUT2D eigenvalue weighted by molar-refractivity contribution is -0.000992. The van der Waals surface area contributed by atoms with E-state index in [1.54, 1.807) is 6.20 Å². The van der Waals surface area contributed by atoms with Gasteiger partial charge >= 0.3 is 6.03 Å². The first-order chi connectivity index (χ1) is 14.1. The van der Waals surface area contributed by atoms with Crippen molar-refractivity contribution in [1.29, 1.82) is 0 Å². The molecule has 1 aliphatic carbocycles.